The number of cyclic esters (lactones) is 1. The summed E-state index contributed by atoms with van der Waals surface area (Å²) in [4.78, 5) is 71.8. The van der Waals surface area contributed by atoms with Crippen LogP contribution < -0.4 is 15.4 Å². The summed E-state index contributed by atoms with van der Waals surface area (Å²) in [6, 6.07) is 2.09. The van der Waals surface area contributed by atoms with Gasteiger partial charge in [0.1, 0.15) is 24.2 Å². The van der Waals surface area contributed by atoms with Crippen LogP contribution in [0.2, 0.25) is 0 Å². The van der Waals surface area contributed by atoms with Crippen molar-refractivity contribution in [3.05, 3.63) is 60.2 Å². The van der Waals surface area contributed by atoms with Crippen LogP contribution in [0.4, 0.5) is 9.59 Å². The van der Waals surface area contributed by atoms with E-state index in [1.165, 1.54) is 31.1 Å². The lowest BCUT2D eigenvalue weighted by Crippen LogP contribution is -2.60. The van der Waals surface area contributed by atoms with Gasteiger partial charge in [0, 0.05) is 39.5 Å². The first-order chi connectivity index (χ1) is 25.2. The highest BCUT2D eigenvalue weighted by Crippen LogP contribution is 2.32. The van der Waals surface area contributed by atoms with Crippen LogP contribution >= 0.6 is 0 Å². The second-order valence-electron chi connectivity index (χ2n) is 16.3. The Labute approximate surface area is 319 Å². The van der Waals surface area contributed by atoms with Crippen LogP contribution in [0.3, 0.4) is 0 Å². The molecule has 4 atom stereocenters. The Morgan fingerprint density at radius 1 is 1.07 bits per heavy atom. The van der Waals surface area contributed by atoms with Crippen molar-refractivity contribution in [2.75, 3.05) is 27.2 Å². The minimum absolute atomic E-state index is 0.118. The van der Waals surface area contributed by atoms with Crippen molar-refractivity contribution in [1.29, 1.82) is 0 Å². The molecule has 4 rings (SSSR count). The fraction of sp³-hybridized carbons (Fsp3) is 0.605. The van der Waals surface area contributed by atoms with Crippen LogP contribution in [-0.2, 0) is 53.6 Å². The third-order valence-corrected chi connectivity index (χ3v) is 11.6. The maximum atomic E-state index is 14.5. The molecule has 16 heteroatoms. The molecule has 1 fully saturated rings. The van der Waals surface area contributed by atoms with Gasteiger partial charge in [-0.2, -0.15) is 12.7 Å². The lowest BCUT2D eigenvalue weighted by Gasteiger charge is -2.35. The second kappa shape index (κ2) is 16.9. The van der Waals surface area contributed by atoms with Gasteiger partial charge in [-0.15, -0.1) is 13.2 Å². The van der Waals surface area contributed by atoms with Crippen molar-refractivity contribution >= 4 is 40.1 Å². The summed E-state index contributed by atoms with van der Waals surface area (Å²) in [6.45, 7) is 17.3. The van der Waals surface area contributed by atoms with E-state index >= 15 is 0 Å². The van der Waals surface area contributed by atoms with Gasteiger partial charge in [-0.25, -0.2) is 14.3 Å². The van der Waals surface area contributed by atoms with Gasteiger partial charge in [0.2, 0.25) is 11.8 Å². The summed E-state index contributed by atoms with van der Waals surface area (Å²) in [6.07, 6.45) is 3.60. The molecule has 1 unspecified atom stereocenters. The highest BCUT2D eigenvalue weighted by molar-refractivity contribution is 7.87. The number of hydrogen-bond acceptors (Lipinski definition) is 9. The van der Waals surface area contributed by atoms with Gasteiger partial charge >= 0.3 is 22.4 Å². The molecule has 0 saturated carbocycles. The van der Waals surface area contributed by atoms with Crippen LogP contribution in [0.25, 0.3) is 0 Å². The van der Waals surface area contributed by atoms with Gasteiger partial charge in [-0.05, 0) is 46.8 Å². The maximum Gasteiger partial charge on any atom is 0.410 e. The van der Waals surface area contributed by atoms with E-state index in [1.54, 1.807) is 25.7 Å². The largest absolute Gasteiger partial charge is 0.449 e. The lowest BCUT2D eigenvalue weighted by molar-refractivity contribution is -0.142. The zero-order valence-corrected chi connectivity index (χ0v) is 33.3. The SMILES string of the molecule is C=CC(C=C)C(NC(=O)[C@@H]1C[C@@H]2CN1C(=O)[C@H](C(C)(C)C)NC(=O)OCC(C)(C)CCCCc1cccc3c1CN(C3)C(=O)O2)C(=O)NS(=O)(=O)N(C)C. The molecule has 0 spiro atoms. The standard InChI is InChI=1S/C38H56N6O9S/c1-10-24(11-2)30(33(46)41-54(50,51)42(8)9)39-32(45)29-19-27-21-44(29)34(47)31(37(3,4)5)40-35(48)52-23-38(6,7)18-13-12-15-25-16-14-17-26-20-43(22-28(25)26)36(49)53-27/h10-11,14,16-17,24,27,29-31H,1-2,12-13,15,18-23H2,3-9H3,(H,39,45)(H,40,48)(H,41,46)/t27-,29+,30?,31-/m1/s1. The second-order valence-corrected chi connectivity index (χ2v) is 18.2. The molecule has 4 bridgehead atoms. The lowest BCUT2D eigenvalue weighted by atomic mass is 9.85. The molecule has 1 saturated heterocycles. The van der Waals surface area contributed by atoms with Crippen molar-refractivity contribution in [2.45, 2.75) is 104 Å². The fourth-order valence-electron chi connectivity index (χ4n) is 6.91. The highest BCUT2D eigenvalue weighted by atomic mass is 32.2. The monoisotopic (exact) mass is 772 g/mol. The van der Waals surface area contributed by atoms with E-state index in [4.69, 9.17) is 9.47 Å². The van der Waals surface area contributed by atoms with Crippen molar-refractivity contribution in [2.24, 2.45) is 16.7 Å². The molecular formula is C38H56N6O9S. The highest BCUT2D eigenvalue weighted by Gasteiger charge is 2.47. The topological polar surface area (TPSA) is 184 Å². The Balaban J connectivity index is 1.69. The van der Waals surface area contributed by atoms with Gasteiger partial charge in [-0.1, -0.05) is 71.4 Å². The van der Waals surface area contributed by atoms with E-state index < -0.39 is 75.7 Å². The molecule has 3 aliphatic rings. The molecular weight excluding hydrogens is 717 g/mol. The van der Waals surface area contributed by atoms with Crippen LogP contribution in [0, 0.1) is 16.7 Å². The van der Waals surface area contributed by atoms with E-state index in [1.807, 2.05) is 30.7 Å². The zero-order valence-electron chi connectivity index (χ0n) is 32.5. The Bertz CT molecular complexity index is 1730. The Morgan fingerprint density at radius 3 is 2.37 bits per heavy atom. The number of rotatable bonds is 8. The molecule has 3 aliphatic heterocycles. The average molecular weight is 773 g/mol. The number of alkyl carbamates (subject to hydrolysis) is 1. The summed E-state index contributed by atoms with van der Waals surface area (Å²) < 4.78 is 39.5. The van der Waals surface area contributed by atoms with E-state index in [9.17, 15) is 32.4 Å². The third kappa shape index (κ3) is 10.2. The molecule has 298 valence electrons. The van der Waals surface area contributed by atoms with Crippen LogP contribution in [0.5, 0.6) is 0 Å². The number of carbonyl (C=O) groups is 5. The number of carbonyl (C=O) groups excluding carboxylic acids is 5. The van der Waals surface area contributed by atoms with E-state index in [-0.39, 0.29) is 25.0 Å². The van der Waals surface area contributed by atoms with E-state index in [0.717, 1.165) is 46.7 Å². The number of fused-ring (bicyclic) bond motifs is 3. The normalized spacial score (nSPS) is 23.2. The molecule has 3 N–H and O–H groups in total. The molecule has 1 aromatic carbocycles. The van der Waals surface area contributed by atoms with Gasteiger partial charge in [0.15, 0.2) is 0 Å². The number of nitrogens with one attached hydrogen (secondary N) is 3. The summed E-state index contributed by atoms with van der Waals surface area (Å²) >= 11 is 0. The average Bonchev–Trinajstić information content (AvgIpc) is 3.72. The van der Waals surface area contributed by atoms with Crippen LogP contribution in [0.15, 0.2) is 43.5 Å². The summed E-state index contributed by atoms with van der Waals surface area (Å²) in [5.41, 5.74) is 2.06. The number of nitrogens with zero attached hydrogens (tertiary/aromatic N) is 3. The molecule has 3 heterocycles. The first kappa shape index (κ1) is 42.3. The van der Waals surface area contributed by atoms with E-state index in [0.29, 0.717) is 13.1 Å². The number of amides is 5. The van der Waals surface area contributed by atoms with Crippen molar-refractivity contribution in [1.82, 2.24) is 29.5 Å². The predicted molar refractivity (Wildman–Crippen MR) is 202 cm³/mol. The number of benzene rings is 1. The molecule has 0 aliphatic carbocycles. The molecule has 1 aromatic rings. The first-order valence-electron chi connectivity index (χ1n) is 18.3. The summed E-state index contributed by atoms with van der Waals surface area (Å²) in [5, 5.41) is 5.31. The Kier molecular flexibility index (Phi) is 13.3. The third-order valence-electron chi connectivity index (χ3n) is 10.2. The number of aryl methyl sites for hydroxylation is 1. The molecule has 5 amide bonds. The smallest absolute Gasteiger partial charge is 0.410 e. The fourth-order valence-corrected chi connectivity index (χ4v) is 7.47. The van der Waals surface area contributed by atoms with Gasteiger partial charge in [-0.3, -0.25) is 19.3 Å². The van der Waals surface area contributed by atoms with Crippen molar-refractivity contribution in [3.63, 3.8) is 0 Å². The van der Waals surface area contributed by atoms with Crippen molar-refractivity contribution < 1.29 is 41.9 Å². The van der Waals surface area contributed by atoms with Gasteiger partial charge in [0.05, 0.1) is 13.2 Å². The van der Waals surface area contributed by atoms with E-state index in [2.05, 4.69) is 29.9 Å². The predicted octanol–water partition coefficient (Wildman–Crippen LogP) is 3.40. The zero-order chi connectivity index (χ0) is 40.2. The minimum atomic E-state index is -4.24. The summed E-state index contributed by atoms with van der Waals surface area (Å²) in [7, 11) is -1.78. The minimum Gasteiger partial charge on any atom is -0.449 e. The Hall–Kier alpha value is -4.44. The quantitative estimate of drug-likeness (QED) is 0.334. The van der Waals surface area contributed by atoms with Gasteiger partial charge in [0.25, 0.3) is 5.91 Å². The van der Waals surface area contributed by atoms with Crippen LogP contribution in [-0.4, -0.2) is 104 Å². The molecule has 15 nitrogen and oxygen atoms in total. The molecule has 0 radical (unpaired) electrons. The van der Waals surface area contributed by atoms with Crippen molar-refractivity contribution in [3.8, 4) is 0 Å². The van der Waals surface area contributed by atoms with Gasteiger partial charge < -0.3 is 25.0 Å². The Morgan fingerprint density at radius 2 is 1.74 bits per heavy atom. The molecule has 54 heavy (non-hydrogen) atoms. The first-order valence-corrected chi connectivity index (χ1v) is 19.7. The number of hydrogen-bond donors (Lipinski definition) is 3. The maximum absolute atomic E-state index is 14.5. The van der Waals surface area contributed by atoms with Crippen LogP contribution in [0.1, 0.15) is 77.0 Å². The number of ether oxygens (including phenoxy) is 2. The summed E-state index contributed by atoms with van der Waals surface area (Å²) in [5.74, 6) is -3.42. The molecule has 0 aromatic heterocycles.